The number of aliphatic hydroxyl groups is 1. The second kappa shape index (κ2) is 11.1. The van der Waals surface area contributed by atoms with Crippen molar-refractivity contribution in [2.75, 3.05) is 33.3 Å². The van der Waals surface area contributed by atoms with Gasteiger partial charge in [-0.2, -0.15) is 0 Å². The van der Waals surface area contributed by atoms with Gasteiger partial charge in [0.1, 0.15) is 17.7 Å². The number of hydrogen-bond donors (Lipinski definition) is 3. The first-order valence-corrected chi connectivity index (χ1v) is 12.6. The summed E-state index contributed by atoms with van der Waals surface area (Å²) >= 11 is 0. The Balaban J connectivity index is 1.59. The van der Waals surface area contributed by atoms with Crippen LogP contribution in [0.2, 0.25) is 0 Å². The monoisotopic (exact) mass is 482 g/mol. The van der Waals surface area contributed by atoms with Crippen LogP contribution < -0.4 is 10.1 Å². The standard InChI is InChI=1S/C30H34N4O2/c1-21-27(33-30(32-21)24-14-9-15-25(20-24)36-2)29(35)28(34-18-16-31-17-19-34)26(22-10-5-3-6-11-22)23-12-7-4-8-13-23/h3-15,20,26,28-29,31,35H,16-19H2,1-2H3,(H,32,33). The van der Waals surface area contributed by atoms with Gasteiger partial charge >= 0.3 is 0 Å². The fourth-order valence-electron chi connectivity index (χ4n) is 5.31. The van der Waals surface area contributed by atoms with E-state index in [0.29, 0.717) is 5.69 Å². The molecule has 2 unspecified atom stereocenters. The van der Waals surface area contributed by atoms with Crippen molar-refractivity contribution in [3.05, 3.63) is 107 Å². The second-order valence-electron chi connectivity index (χ2n) is 9.35. The minimum absolute atomic E-state index is 0.0168. The predicted molar refractivity (Wildman–Crippen MR) is 143 cm³/mol. The lowest BCUT2D eigenvalue weighted by molar-refractivity contribution is 0.0295. The molecule has 1 aliphatic heterocycles. The van der Waals surface area contributed by atoms with Crippen LogP contribution in [-0.4, -0.2) is 59.3 Å². The fraction of sp³-hybridized carbons (Fsp3) is 0.300. The first-order valence-electron chi connectivity index (χ1n) is 12.6. The zero-order chi connectivity index (χ0) is 24.9. The summed E-state index contributed by atoms with van der Waals surface area (Å²) < 4.78 is 5.40. The van der Waals surface area contributed by atoms with Crippen LogP contribution in [-0.2, 0) is 0 Å². The van der Waals surface area contributed by atoms with Crippen LogP contribution in [0.5, 0.6) is 5.75 Å². The van der Waals surface area contributed by atoms with Gasteiger partial charge in [0.25, 0.3) is 0 Å². The topological polar surface area (TPSA) is 73.4 Å². The number of H-pyrrole nitrogens is 1. The van der Waals surface area contributed by atoms with Gasteiger partial charge in [0.2, 0.25) is 0 Å². The van der Waals surface area contributed by atoms with Crippen LogP contribution in [0.25, 0.3) is 11.4 Å². The first-order chi connectivity index (χ1) is 17.7. The minimum Gasteiger partial charge on any atom is -0.497 e. The maximum Gasteiger partial charge on any atom is 0.138 e. The van der Waals surface area contributed by atoms with Gasteiger partial charge in [0.15, 0.2) is 0 Å². The van der Waals surface area contributed by atoms with Gasteiger partial charge in [-0.05, 0) is 30.2 Å². The molecular formula is C30H34N4O2. The number of benzene rings is 3. The summed E-state index contributed by atoms with van der Waals surface area (Å²) in [4.78, 5) is 10.8. The van der Waals surface area contributed by atoms with E-state index in [1.807, 2.05) is 43.3 Å². The van der Waals surface area contributed by atoms with E-state index in [9.17, 15) is 5.11 Å². The summed E-state index contributed by atoms with van der Waals surface area (Å²) in [5, 5.41) is 15.6. The van der Waals surface area contributed by atoms with E-state index in [1.54, 1.807) is 7.11 Å². The Hall–Kier alpha value is -3.45. The number of rotatable bonds is 8. The first kappa shape index (κ1) is 24.3. The summed E-state index contributed by atoms with van der Waals surface area (Å²) in [5.74, 6) is 1.49. The molecule has 5 rings (SSSR count). The Labute approximate surface area is 213 Å². The van der Waals surface area contributed by atoms with E-state index < -0.39 is 6.10 Å². The lowest BCUT2D eigenvalue weighted by Crippen LogP contribution is -2.52. The van der Waals surface area contributed by atoms with Crippen LogP contribution in [0.4, 0.5) is 0 Å². The molecular weight excluding hydrogens is 448 g/mol. The van der Waals surface area contributed by atoms with Crippen molar-refractivity contribution in [1.82, 2.24) is 20.2 Å². The third kappa shape index (κ3) is 5.07. The summed E-state index contributed by atoms with van der Waals surface area (Å²) in [6.07, 6.45) is -0.788. The number of aryl methyl sites for hydroxylation is 1. The van der Waals surface area contributed by atoms with E-state index in [-0.39, 0.29) is 12.0 Å². The van der Waals surface area contributed by atoms with Gasteiger partial charge in [-0.15, -0.1) is 0 Å². The molecule has 1 aromatic heterocycles. The number of nitrogens with one attached hydrogen (secondary N) is 2. The molecule has 0 amide bonds. The molecule has 6 heteroatoms. The second-order valence-corrected chi connectivity index (χ2v) is 9.35. The average molecular weight is 483 g/mol. The number of nitrogens with zero attached hydrogens (tertiary/aromatic N) is 2. The summed E-state index contributed by atoms with van der Waals surface area (Å²) in [6, 6.07) is 28.7. The highest BCUT2D eigenvalue weighted by Gasteiger charge is 2.38. The highest BCUT2D eigenvalue weighted by Crippen LogP contribution is 2.38. The van der Waals surface area contributed by atoms with Crippen LogP contribution in [0.15, 0.2) is 84.9 Å². The van der Waals surface area contributed by atoms with Crippen molar-refractivity contribution >= 4 is 0 Å². The van der Waals surface area contributed by atoms with Gasteiger partial charge in [-0.1, -0.05) is 72.8 Å². The molecule has 36 heavy (non-hydrogen) atoms. The smallest absolute Gasteiger partial charge is 0.138 e. The maximum absolute atomic E-state index is 12.1. The minimum atomic E-state index is -0.788. The van der Waals surface area contributed by atoms with Crippen molar-refractivity contribution in [2.45, 2.75) is 25.0 Å². The fourth-order valence-corrected chi connectivity index (χ4v) is 5.31. The Morgan fingerprint density at radius 3 is 2.14 bits per heavy atom. The molecule has 6 nitrogen and oxygen atoms in total. The third-order valence-corrected chi connectivity index (χ3v) is 7.10. The number of imidazole rings is 1. The number of methoxy groups -OCH3 is 1. The molecule has 1 fully saturated rings. The van der Waals surface area contributed by atoms with E-state index in [1.165, 1.54) is 11.1 Å². The zero-order valence-electron chi connectivity index (χ0n) is 20.9. The lowest BCUT2D eigenvalue weighted by Gasteiger charge is -2.42. The van der Waals surface area contributed by atoms with Gasteiger partial charge in [0.05, 0.1) is 18.8 Å². The van der Waals surface area contributed by atoms with Gasteiger partial charge in [-0.3, -0.25) is 4.90 Å². The van der Waals surface area contributed by atoms with Crippen molar-refractivity contribution in [3.8, 4) is 17.1 Å². The van der Waals surface area contributed by atoms with Gasteiger partial charge in [0, 0.05) is 43.4 Å². The molecule has 0 spiro atoms. The van der Waals surface area contributed by atoms with Crippen LogP contribution in [0, 0.1) is 6.92 Å². The van der Waals surface area contributed by atoms with E-state index in [4.69, 9.17) is 9.72 Å². The van der Waals surface area contributed by atoms with E-state index in [0.717, 1.165) is 49.0 Å². The summed E-state index contributed by atoms with van der Waals surface area (Å²) in [6.45, 7) is 5.51. The van der Waals surface area contributed by atoms with E-state index >= 15 is 0 Å². The number of aromatic amines is 1. The Bertz CT molecular complexity index is 1210. The number of aromatic nitrogens is 2. The molecule has 0 saturated carbocycles. The van der Waals surface area contributed by atoms with Crippen molar-refractivity contribution in [3.63, 3.8) is 0 Å². The Kier molecular flexibility index (Phi) is 7.47. The van der Waals surface area contributed by atoms with Crippen molar-refractivity contribution in [1.29, 1.82) is 0 Å². The molecule has 0 aliphatic carbocycles. The summed E-state index contributed by atoms with van der Waals surface area (Å²) in [7, 11) is 1.66. The van der Waals surface area contributed by atoms with Crippen molar-refractivity contribution < 1.29 is 9.84 Å². The highest BCUT2D eigenvalue weighted by molar-refractivity contribution is 5.58. The molecule has 3 aromatic carbocycles. The maximum atomic E-state index is 12.1. The molecule has 186 valence electrons. The van der Waals surface area contributed by atoms with Gasteiger partial charge < -0.3 is 20.1 Å². The number of aliphatic hydroxyl groups excluding tert-OH is 1. The molecule has 1 aliphatic rings. The third-order valence-electron chi connectivity index (χ3n) is 7.10. The SMILES string of the molecule is COc1cccc(-c2nc(C(O)C(C(c3ccccc3)c3ccccc3)N3CCNCC3)c(C)[nH]2)c1. The molecule has 1 saturated heterocycles. The number of ether oxygens (including phenoxy) is 1. The Morgan fingerprint density at radius 1 is 0.889 bits per heavy atom. The predicted octanol–water partition coefficient (Wildman–Crippen LogP) is 4.53. The molecule has 2 atom stereocenters. The molecule has 3 N–H and O–H groups in total. The number of piperazine rings is 1. The molecule has 0 bridgehead atoms. The highest BCUT2D eigenvalue weighted by atomic mass is 16.5. The Morgan fingerprint density at radius 2 is 1.53 bits per heavy atom. The van der Waals surface area contributed by atoms with Crippen LogP contribution in [0.1, 0.15) is 34.5 Å². The van der Waals surface area contributed by atoms with E-state index in [2.05, 4.69) is 63.7 Å². The molecule has 2 heterocycles. The zero-order valence-corrected chi connectivity index (χ0v) is 20.9. The molecule has 0 radical (unpaired) electrons. The normalized spacial score (nSPS) is 16.1. The quantitative estimate of drug-likeness (QED) is 0.344. The van der Waals surface area contributed by atoms with Crippen LogP contribution >= 0.6 is 0 Å². The number of hydrogen-bond acceptors (Lipinski definition) is 5. The molecule has 4 aromatic rings. The van der Waals surface area contributed by atoms with Crippen LogP contribution in [0.3, 0.4) is 0 Å². The average Bonchev–Trinajstić information content (AvgIpc) is 3.34. The largest absolute Gasteiger partial charge is 0.497 e. The van der Waals surface area contributed by atoms with Gasteiger partial charge in [-0.25, -0.2) is 4.98 Å². The lowest BCUT2D eigenvalue weighted by atomic mass is 9.80. The summed E-state index contributed by atoms with van der Waals surface area (Å²) in [5.41, 5.74) is 4.87. The van der Waals surface area contributed by atoms with Crippen molar-refractivity contribution in [2.24, 2.45) is 0 Å².